The summed E-state index contributed by atoms with van der Waals surface area (Å²) in [6, 6.07) is 6.64. The van der Waals surface area contributed by atoms with E-state index in [2.05, 4.69) is 58.2 Å². The molecule has 0 spiro atoms. The lowest BCUT2D eigenvalue weighted by atomic mass is 9.88. The molecule has 18 heteroatoms. The second-order valence-corrected chi connectivity index (χ2v) is 10.8. The van der Waals surface area contributed by atoms with Crippen molar-refractivity contribution in [3.63, 3.8) is 0 Å². The molecule has 0 aromatic heterocycles. The molecule has 2 aliphatic heterocycles. The molecule has 0 saturated carbocycles. The summed E-state index contributed by atoms with van der Waals surface area (Å²) in [5, 5.41) is 0. The molecule has 0 unspecified atom stereocenters. The fourth-order valence-electron chi connectivity index (χ4n) is 4.84. The first kappa shape index (κ1) is 45.7. The average molecular weight is 686 g/mol. The fourth-order valence-corrected chi connectivity index (χ4v) is 4.84. The van der Waals surface area contributed by atoms with Gasteiger partial charge in [-0.15, -0.1) is 0 Å². The number of ether oxygens (including phenoxy) is 2. The highest BCUT2D eigenvalue weighted by atomic mass is 19.4. The zero-order valence-electron chi connectivity index (χ0n) is 27.2. The molecule has 47 heavy (non-hydrogen) atoms. The van der Waals surface area contributed by atoms with E-state index in [1.54, 1.807) is 31.4 Å². The van der Waals surface area contributed by atoms with Gasteiger partial charge in [0, 0.05) is 63.7 Å². The number of halogens is 8. The minimum absolute atomic E-state index is 0. The SMILES string of the molecule is CCCCN1C=CN(CC(COC)(COC(=O)c2ccc(C(C)=O)cc2)CN2C=CN(CCCC)C2)C1.FB(F)F.FB(F)F.[F-].[F-]. The summed E-state index contributed by atoms with van der Waals surface area (Å²) >= 11 is 0. The Morgan fingerprint density at radius 1 is 0.723 bits per heavy atom. The monoisotopic (exact) mass is 686 g/mol. The van der Waals surface area contributed by atoms with Crippen LogP contribution in [-0.2, 0) is 9.47 Å². The number of rotatable bonds is 16. The lowest BCUT2D eigenvalue weighted by Gasteiger charge is -2.39. The quantitative estimate of drug-likeness (QED) is 0.106. The molecule has 2 heterocycles. The second kappa shape index (κ2) is 24.7. The molecule has 0 fully saturated rings. The van der Waals surface area contributed by atoms with Crippen LogP contribution in [0.1, 0.15) is 67.2 Å². The van der Waals surface area contributed by atoms with Gasteiger partial charge in [0.25, 0.3) is 0 Å². The molecule has 0 radical (unpaired) electrons. The van der Waals surface area contributed by atoms with Crippen molar-refractivity contribution in [1.29, 1.82) is 0 Å². The molecule has 0 bridgehead atoms. The number of benzene rings is 1. The summed E-state index contributed by atoms with van der Waals surface area (Å²) < 4.78 is 69.7. The Morgan fingerprint density at radius 2 is 1.11 bits per heavy atom. The Bertz CT molecular complexity index is 1020. The van der Waals surface area contributed by atoms with Gasteiger partial charge in [-0.3, -0.25) is 30.7 Å². The zero-order valence-corrected chi connectivity index (χ0v) is 27.2. The van der Waals surface area contributed by atoms with Gasteiger partial charge in [-0.25, -0.2) is 4.79 Å². The maximum atomic E-state index is 13.0. The number of hydrogen-bond acceptors (Lipinski definition) is 8. The molecule has 3 rings (SSSR count). The number of carbonyl (C=O) groups excluding carboxylic acids is 2. The summed E-state index contributed by atoms with van der Waals surface area (Å²) in [4.78, 5) is 33.8. The number of carbonyl (C=O) groups is 2. The van der Waals surface area contributed by atoms with Gasteiger partial charge in [0.15, 0.2) is 5.78 Å². The van der Waals surface area contributed by atoms with Crippen LogP contribution in [0.25, 0.3) is 0 Å². The third-order valence-corrected chi connectivity index (χ3v) is 6.87. The topological polar surface area (TPSA) is 65.6 Å². The third-order valence-electron chi connectivity index (χ3n) is 6.87. The molecule has 2 aliphatic rings. The van der Waals surface area contributed by atoms with Crippen LogP contribution < -0.4 is 9.41 Å². The first-order chi connectivity index (χ1) is 21.3. The van der Waals surface area contributed by atoms with E-state index in [0.29, 0.717) is 30.8 Å². The van der Waals surface area contributed by atoms with Crippen molar-refractivity contribution in [1.82, 2.24) is 19.6 Å². The number of unbranched alkanes of at least 4 members (excludes halogenated alkanes) is 2. The Kier molecular flexibility index (Phi) is 24.0. The molecule has 0 saturated heterocycles. The summed E-state index contributed by atoms with van der Waals surface area (Å²) in [6.45, 7) is 11.7. The predicted molar refractivity (Wildman–Crippen MR) is 164 cm³/mol. The Labute approximate surface area is 272 Å². The second-order valence-electron chi connectivity index (χ2n) is 10.8. The zero-order chi connectivity index (χ0) is 33.8. The lowest BCUT2D eigenvalue weighted by Crippen LogP contribution is -3.00. The predicted octanol–water partition coefficient (Wildman–Crippen LogP) is 0.139. The van der Waals surface area contributed by atoms with Crippen LogP contribution in [0, 0.1) is 5.41 Å². The van der Waals surface area contributed by atoms with Gasteiger partial charge in [0.2, 0.25) is 0 Å². The van der Waals surface area contributed by atoms with Crippen molar-refractivity contribution in [2.75, 3.05) is 59.8 Å². The van der Waals surface area contributed by atoms with Crippen LogP contribution in [0.2, 0.25) is 0 Å². The van der Waals surface area contributed by atoms with Gasteiger partial charge < -0.3 is 38.5 Å². The standard InChI is InChI=1S/C29H44N4O4.2BF3.2FH/c1-5-7-13-30-15-17-32(23-30)19-29(21-36-4,20-33-18-16-31(24-33)14-8-6-2)22-37-28(35)27-11-9-26(10-12-27)25(3)34;2*2-1(3)4;;/h9-12,15-18H,5-8,13-14,19-24H2,1-4H3;;;2*1H/p-2. The van der Waals surface area contributed by atoms with Crippen molar-refractivity contribution in [3.05, 3.63) is 60.2 Å². The molecule has 0 aliphatic carbocycles. The van der Waals surface area contributed by atoms with Crippen molar-refractivity contribution >= 4 is 26.8 Å². The van der Waals surface area contributed by atoms with E-state index in [-0.39, 0.29) is 21.8 Å². The van der Waals surface area contributed by atoms with Gasteiger partial charge in [-0.1, -0.05) is 38.8 Å². The normalized spacial score (nSPS) is 13.1. The highest BCUT2D eigenvalue weighted by molar-refractivity contribution is 6.33. The van der Waals surface area contributed by atoms with E-state index in [9.17, 15) is 35.5 Å². The number of esters is 1. The third kappa shape index (κ3) is 19.1. The van der Waals surface area contributed by atoms with Gasteiger partial charge in [0.1, 0.15) is 6.61 Å². The lowest BCUT2D eigenvalue weighted by molar-refractivity contribution is -0.0257. The fraction of sp³-hybridized carbons (Fsp3) is 0.586. The van der Waals surface area contributed by atoms with Crippen LogP contribution in [0.5, 0.6) is 0 Å². The molecule has 8 nitrogen and oxygen atoms in total. The van der Waals surface area contributed by atoms with Crippen LogP contribution in [0.15, 0.2) is 49.1 Å². The van der Waals surface area contributed by atoms with E-state index >= 15 is 0 Å². The van der Waals surface area contributed by atoms with Crippen LogP contribution in [0.3, 0.4) is 0 Å². The highest BCUT2D eigenvalue weighted by Crippen LogP contribution is 2.27. The summed E-state index contributed by atoms with van der Waals surface area (Å²) in [6.07, 6.45) is 13.2. The highest BCUT2D eigenvalue weighted by Gasteiger charge is 2.37. The molecular formula is C29H44B2F8N4O4-2. The number of nitrogens with zero attached hydrogens (tertiary/aromatic N) is 4. The van der Waals surface area contributed by atoms with Gasteiger partial charge in [-0.2, -0.15) is 0 Å². The number of Topliss-reactive ketones (excluding diaryl/α,β-unsaturated/α-hetero) is 1. The van der Waals surface area contributed by atoms with Crippen molar-refractivity contribution < 1.29 is 54.4 Å². The van der Waals surface area contributed by atoms with Crippen molar-refractivity contribution in [3.8, 4) is 0 Å². The van der Waals surface area contributed by atoms with Crippen molar-refractivity contribution in [2.24, 2.45) is 5.41 Å². The smallest absolute Gasteiger partial charge is 0.762 e. The molecule has 0 atom stereocenters. The largest absolute Gasteiger partial charge is 1.00 e. The van der Waals surface area contributed by atoms with Crippen LogP contribution >= 0.6 is 0 Å². The maximum Gasteiger partial charge on any atom is 0.762 e. The van der Waals surface area contributed by atoms with E-state index < -0.39 is 26.5 Å². The van der Waals surface area contributed by atoms with E-state index in [1.807, 2.05) is 0 Å². The van der Waals surface area contributed by atoms with Crippen molar-refractivity contribution in [2.45, 2.75) is 46.5 Å². The molecule has 0 amide bonds. The summed E-state index contributed by atoms with van der Waals surface area (Å²) in [7, 11) is -5.63. The molecule has 1 aromatic carbocycles. The first-order valence-electron chi connectivity index (χ1n) is 14.8. The molecule has 0 N–H and O–H groups in total. The molecule has 1 aromatic rings. The van der Waals surface area contributed by atoms with E-state index in [0.717, 1.165) is 52.1 Å². The number of hydrogen-bond donors (Lipinski definition) is 0. The summed E-state index contributed by atoms with van der Waals surface area (Å²) in [5.41, 5.74) is 0.585. The maximum absolute atomic E-state index is 13.0. The average Bonchev–Trinajstić information content (AvgIpc) is 3.62. The minimum Gasteiger partial charge on any atom is -1.00 e. The van der Waals surface area contributed by atoms with Crippen LogP contribution in [-0.4, -0.2) is 106 Å². The van der Waals surface area contributed by atoms with E-state index in [1.165, 1.54) is 6.92 Å². The Morgan fingerprint density at radius 3 is 1.47 bits per heavy atom. The van der Waals surface area contributed by atoms with Gasteiger partial charge >= 0.3 is 21.1 Å². The number of methoxy groups -OCH3 is 1. The van der Waals surface area contributed by atoms with Gasteiger partial charge in [-0.05, 0) is 31.9 Å². The van der Waals surface area contributed by atoms with Gasteiger partial charge in [0.05, 0.1) is 30.9 Å². The molecule has 268 valence electrons. The first-order valence-corrected chi connectivity index (χ1v) is 14.8. The minimum atomic E-state index is -3.67. The summed E-state index contributed by atoms with van der Waals surface area (Å²) in [5.74, 6) is -0.420. The van der Waals surface area contributed by atoms with Crippen LogP contribution in [0.4, 0.5) is 25.9 Å². The Hall–Kier alpha value is -3.43. The molecular weight excluding hydrogens is 642 g/mol. The number of ketones is 1. The van der Waals surface area contributed by atoms with E-state index in [4.69, 9.17) is 9.47 Å². The Balaban J connectivity index is 0.